The smallest absolute Gasteiger partial charge is 0.410 e. The first-order chi connectivity index (χ1) is 12.7. The number of ether oxygens (including phenoxy) is 1. The predicted octanol–water partition coefficient (Wildman–Crippen LogP) is 1.50. The quantitative estimate of drug-likeness (QED) is 0.476. The lowest BCUT2D eigenvalue weighted by Crippen LogP contribution is -2.43. The van der Waals surface area contributed by atoms with Gasteiger partial charge in [0.2, 0.25) is 10.0 Å². The molecule has 0 atom stereocenters. The molecular formula is C16H23N3O8S. The molecule has 0 aliphatic heterocycles. The molecule has 0 saturated carbocycles. The van der Waals surface area contributed by atoms with Gasteiger partial charge in [-0.05, 0) is 39.3 Å². The fourth-order valence-corrected chi connectivity index (χ4v) is 3.29. The molecule has 0 saturated heterocycles. The molecule has 1 aromatic rings. The van der Waals surface area contributed by atoms with E-state index in [1.165, 1.54) is 6.07 Å². The van der Waals surface area contributed by atoms with Crippen LogP contribution in [-0.2, 0) is 19.6 Å². The summed E-state index contributed by atoms with van der Waals surface area (Å²) in [5.74, 6) is -1.30. The van der Waals surface area contributed by atoms with Crippen molar-refractivity contribution in [1.29, 1.82) is 0 Å². The van der Waals surface area contributed by atoms with Crippen LogP contribution in [0.3, 0.4) is 0 Å². The van der Waals surface area contributed by atoms with Crippen molar-refractivity contribution in [3.8, 4) is 0 Å². The van der Waals surface area contributed by atoms with E-state index in [-0.39, 0.29) is 13.1 Å². The Bertz CT molecular complexity index is 861. The number of amides is 1. The fraction of sp³-hybridized carbons (Fsp3) is 0.500. The maximum atomic E-state index is 12.4. The highest BCUT2D eigenvalue weighted by molar-refractivity contribution is 7.89. The van der Waals surface area contributed by atoms with E-state index in [0.29, 0.717) is 5.56 Å². The van der Waals surface area contributed by atoms with Gasteiger partial charge >= 0.3 is 12.1 Å². The number of rotatable bonds is 8. The molecule has 0 radical (unpaired) electrons. The Labute approximate surface area is 162 Å². The van der Waals surface area contributed by atoms with Gasteiger partial charge in [-0.2, -0.15) is 0 Å². The lowest BCUT2D eigenvalue weighted by Gasteiger charge is -2.26. The van der Waals surface area contributed by atoms with Crippen molar-refractivity contribution >= 4 is 27.8 Å². The van der Waals surface area contributed by atoms with E-state index in [9.17, 15) is 28.1 Å². The van der Waals surface area contributed by atoms with Crippen LogP contribution in [0.25, 0.3) is 0 Å². The highest BCUT2D eigenvalue weighted by Crippen LogP contribution is 2.24. The summed E-state index contributed by atoms with van der Waals surface area (Å²) < 4.78 is 32.0. The Kier molecular flexibility index (Phi) is 7.47. The molecule has 0 heterocycles. The number of hydrogen-bond donors (Lipinski definition) is 2. The van der Waals surface area contributed by atoms with Crippen molar-refractivity contribution in [2.45, 2.75) is 38.2 Å². The summed E-state index contributed by atoms with van der Waals surface area (Å²) in [7, 11) is -4.26. The first-order valence-electron chi connectivity index (χ1n) is 8.17. The highest BCUT2D eigenvalue weighted by atomic mass is 32.2. The Morgan fingerprint density at radius 1 is 1.32 bits per heavy atom. The number of sulfonamides is 1. The van der Waals surface area contributed by atoms with Crippen LogP contribution in [0.2, 0.25) is 0 Å². The monoisotopic (exact) mass is 417 g/mol. The maximum absolute atomic E-state index is 12.4. The third kappa shape index (κ3) is 7.12. The van der Waals surface area contributed by atoms with Gasteiger partial charge in [-0.25, -0.2) is 17.9 Å². The molecule has 2 N–H and O–H groups in total. The van der Waals surface area contributed by atoms with E-state index in [4.69, 9.17) is 9.84 Å². The number of carboxylic acids is 1. The Morgan fingerprint density at radius 2 is 1.93 bits per heavy atom. The van der Waals surface area contributed by atoms with Crippen LogP contribution in [0.15, 0.2) is 23.1 Å². The van der Waals surface area contributed by atoms with Crippen LogP contribution in [-0.4, -0.2) is 60.6 Å². The minimum absolute atomic E-state index is 0.305. The van der Waals surface area contributed by atoms with Gasteiger partial charge in [0.25, 0.3) is 5.69 Å². The molecule has 1 aromatic carbocycles. The third-order valence-corrected chi connectivity index (χ3v) is 4.76. The molecule has 11 nitrogen and oxygen atoms in total. The minimum Gasteiger partial charge on any atom is -0.480 e. The molecule has 28 heavy (non-hydrogen) atoms. The first kappa shape index (κ1) is 23.3. The summed E-state index contributed by atoms with van der Waals surface area (Å²) in [6, 6.07) is 3.66. The SMILES string of the molecule is Cc1ccc(S(=O)(=O)NCCN(CC(=O)O)C(=O)OC(C)(C)C)c([N+](=O)[O-])c1. The van der Waals surface area contributed by atoms with E-state index in [1.807, 2.05) is 0 Å². The van der Waals surface area contributed by atoms with E-state index < -0.39 is 49.7 Å². The second-order valence-corrected chi connectivity index (χ2v) is 8.66. The zero-order chi connectivity index (χ0) is 21.7. The van der Waals surface area contributed by atoms with Gasteiger partial charge in [0.1, 0.15) is 12.1 Å². The lowest BCUT2D eigenvalue weighted by atomic mass is 10.2. The largest absolute Gasteiger partial charge is 0.480 e. The van der Waals surface area contributed by atoms with Crippen molar-refractivity contribution < 1.29 is 32.8 Å². The Morgan fingerprint density at radius 3 is 2.43 bits per heavy atom. The molecule has 0 unspecified atom stereocenters. The topological polar surface area (TPSA) is 156 Å². The standard InChI is InChI=1S/C16H23N3O8S/c1-11-5-6-13(12(9-11)19(23)24)28(25,26)17-7-8-18(10-14(20)21)15(22)27-16(2,3)4/h5-6,9,17H,7-8,10H2,1-4H3,(H,20,21). The number of carbonyl (C=O) groups is 2. The number of nitrogens with one attached hydrogen (secondary N) is 1. The minimum atomic E-state index is -4.26. The lowest BCUT2D eigenvalue weighted by molar-refractivity contribution is -0.387. The van der Waals surface area contributed by atoms with E-state index >= 15 is 0 Å². The highest BCUT2D eigenvalue weighted by Gasteiger charge is 2.27. The van der Waals surface area contributed by atoms with Gasteiger partial charge in [0.05, 0.1) is 4.92 Å². The summed E-state index contributed by atoms with van der Waals surface area (Å²) in [6.07, 6.45) is -0.921. The second kappa shape index (κ2) is 8.97. The summed E-state index contributed by atoms with van der Waals surface area (Å²) in [5, 5.41) is 20.1. The Balaban J connectivity index is 2.92. The van der Waals surface area contributed by atoms with Gasteiger partial charge < -0.3 is 9.84 Å². The molecule has 0 spiro atoms. The average molecular weight is 417 g/mol. The molecule has 0 bridgehead atoms. The predicted molar refractivity (Wildman–Crippen MR) is 98.5 cm³/mol. The van der Waals surface area contributed by atoms with Crippen LogP contribution < -0.4 is 4.72 Å². The van der Waals surface area contributed by atoms with Crippen molar-refractivity contribution in [2.24, 2.45) is 0 Å². The van der Waals surface area contributed by atoms with Gasteiger partial charge in [-0.15, -0.1) is 0 Å². The molecule has 12 heteroatoms. The van der Waals surface area contributed by atoms with Crippen LogP contribution in [0.5, 0.6) is 0 Å². The number of nitro groups is 1. The number of aliphatic carboxylic acids is 1. The second-order valence-electron chi connectivity index (χ2n) is 6.92. The van der Waals surface area contributed by atoms with Crippen LogP contribution in [0.4, 0.5) is 10.5 Å². The normalized spacial score (nSPS) is 11.7. The Hall–Kier alpha value is -2.73. The van der Waals surface area contributed by atoms with Gasteiger partial charge in [0, 0.05) is 19.2 Å². The molecule has 0 aliphatic rings. The van der Waals surface area contributed by atoms with Crippen molar-refractivity contribution in [1.82, 2.24) is 9.62 Å². The number of carbonyl (C=O) groups excluding carboxylic acids is 1. The van der Waals surface area contributed by atoms with E-state index in [1.54, 1.807) is 27.7 Å². The van der Waals surface area contributed by atoms with Crippen molar-refractivity contribution in [2.75, 3.05) is 19.6 Å². The molecular weight excluding hydrogens is 394 g/mol. The van der Waals surface area contributed by atoms with Crippen molar-refractivity contribution in [3.63, 3.8) is 0 Å². The molecule has 156 valence electrons. The number of nitrogens with zero attached hydrogens (tertiary/aromatic N) is 2. The zero-order valence-electron chi connectivity index (χ0n) is 16.0. The number of benzene rings is 1. The van der Waals surface area contributed by atoms with E-state index in [0.717, 1.165) is 17.0 Å². The molecule has 1 amide bonds. The van der Waals surface area contributed by atoms with Crippen LogP contribution in [0, 0.1) is 17.0 Å². The summed E-state index contributed by atoms with van der Waals surface area (Å²) >= 11 is 0. The van der Waals surface area contributed by atoms with Gasteiger partial charge in [-0.1, -0.05) is 6.07 Å². The van der Waals surface area contributed by atoms with Gasteiger partial charge in [0.15, 0.2) is 4.90 Å². The molecule has 1 rings (SSSR count). The maximum Gasteiger partial charge on any atom is 0.410 e. The first-order valence-corrected chi connectivity index (χ1v) is 9.65. The van der Waals surface area contributed by atoms with Crippen LogP contribution in [0.1, 0.15) is 26.3 Å². The average Bonchev–Trinajstić information content (AvgIpc) is 2.51. The summed E-state index contributed by atoms with van der Waals surface area (Å²) in [6.45, 7) is 5.03. The molecule has 0 aliphatic carbocycles. The summed E-state index contributed by atoms with van der Waals surface area (Å²) in [4.78, 5) is 33.6. The van der Waals surface area contributed by atoms with Crippen molar-refractivity contribution in [3.05, 3.63) is 33.9 Å². The number of hydrogen-bond acceptors (Lipinski definition) is 7. The molecule has 0 fully saturated rings. The third-order valence-electron chi connectivity index (χ3n) is 3.25. The van der Waals surface area contributed by atoms with Gasteiger partial charge in [-0.3, -0.25) is 19.8 Å². The van der Waals surface area contributed by atoms with Crippen LogP contribution >= 0.6 is 0 Å². The number of nitro benzene ring substituents is 1. The summed E-state index contributed by atoms with van der Waals surface area (Å²) in [5.41, 5.74) is -0.930. The number of carboxylic acid groups (broad SMARTS) is 1. The number of aryl methyl sites for hydroxylation is 1. The zero-order valence-corrected chi connectivity index (χ0v) is 16.8. The molecule has 0 aromatic heterocycles. The fourth-order valence-electron chi connectivity index (χ4n) is 2.11. The van der Waals surface area contributed by atoms with E-state index in [2.05, 4.69) is 4.72 Å².